The molecule has 19 nitrogen and oxygen atoms in total. The van der Waals surface area contributed by atoms with Crippen LogP contribution in [-0.2, 0) is 50.9 Å². The molecule has 6 heterocycles. The van der Waals surface area contributed by atoms with Gasteiger partial charge in [0, 0.05) is 25.5 Å². The van der Waals surface area contributed by atoms with Gasteiger partial charge < -0.3 is 42.2 Å². The van der Waals surface area contributed by atoms with Crippen molar-refractivity contribution in [1.29, 1.82) is 0 Å². The largest absolute Gasteiger partial charge is 0.492 e. The van der Waals surface area contributed by atoms with Crippen molar-refractivity contribution in [2.75, 3.05) is 20.3 Å². The third-order valence-corrected chi connectivity index (χ3v) is 18.5. The number of aromatic hydroxyl groups is 1. The van der Waals surface area contributed by atoms with Gasteiger partial charge >= 0.3 is 13.4 Å². The molecule has 0 amide bonds. The fourth-order valence-corrected chi connectivity index (χ4v) is 10.0. The first kappa shape index (κ1) is 39.7. The minimum absolute atomic E-state index is 0.00130. The topological polar surface area (TPSA) is 228 Å². The average molecular weight is 844 g/mol. The molecule has 0 bridgehead atoms. The second-order valence-corrected chi connectivity index (χ2v) is 25.5. The van der Waals surface area contributed by atoms with E-state index in [2.05, 4.69) is 70.7 Å². The Balaban J connectivity index is 1.19. The summed E-state index contributed by atoms with van der Waals surface area (Å²) in [5.74, 6) is 0.157. The summed E-state index contributed by atoms with van der Waals surface area (Å²) in [5.41, 5.74) is 0.825. The molecule has 1 saturated heterocycles. The molecule has 0 radical (unpaired) electrons. The molecule has 4 N–H and O–H groups in total. The van der Waals surface area contributed by atoms with Gasteiger partial charge in [-0.15, -0.1) is 0 Å². The number of aromatic nitrogens is 9. The Bertz CT molecular complexity index is 2350. The van der Waals surface area contributed by atoms with E-state index in [9.17, 15) is 19.7 Å². The molecule has 5 aromatic heterocycles. The molecule has 0 spiro atoms. The third kappa shape index (κ3) is 7.37. The van der Waals surface area contributed by atoms with Gasteiger partial charge in [0.25, 0.3) is 5.56 Å². The number of H-pyrrole nitrogens is 1. The molecule has 2 aliphatic rings. The Hall–Kier alpha value is -2.56. The minimum atomic E-state index is -4.03. The Morgan fingerprint density at radius 2 is 1.72 bits per heavy atom. The number of imidazole rings is 3. The Morgan fingerprint density at radius 1 is 1.02 bits per heavy atom. The van der Waals surface area contributed by atoms with Crippen molar-refractivity contribution in [1.82, 2.24) is 43.4 Å². The summed E-state index contributed by atoms with van der Waals surface area (Å²) in [5, 5.41) is 9.83. The van der Waals surface area contributed by atoms with Crippen molar-refractivity contribution in [3.8, 4) is 5.88 Å². The highest BCUT2D eigenvalue weighted by molar-refractivity contribution is 8.07. The van der Waals surface area contributed by atoms with Crippen LogP contribution in [0, 0.1) is 11.8 Å². The smallest absolute Gasteiger partial charge is 0.325 e. The number of rotatable bonds is 13. The molecular weight excluding hydrogens is 801 g/mol. The van der Waals surface area contributed by atoms with Crippen LogP contribution in [0.15, 0.2) is 36.2 Å². The first-order valence-corrected chi connectivity index (χ1v) is 25.2. The molecule has 5 aromatic rings. The van der Waals surface area contributed by atoms with Crippen molar-refractivity contribution in [3.63, 3.8) is 0 Å². The van der Waals surface area contributed by atoms with Gasteiger partial charge in [0.2, 0.25) is 11.7 Å². The summed E-state index contributed by atoms with van der Waals surface area (Å²) < 4.78 is 41.9. The number of fused-ring (bicyclic) bond motifs is 4. The van der Waals surface area contributed by atoms with Gasteiger partial charge in [-0.1, -0.05) is 27.7 Å². The average Bonchev–Trinajstić information content (AvgIpc) is 3.89. The summed E-state index contributed by atoms with van der Waals surface area (Å²) in [6, 6.07) is 0.0155. The third-order valence-electron chi connectivity index (χ3n) is 10.8. The van der Waals surface area contributed by atoms with Crippen LogP contribution in [0.2, 0.25) is 18.1 Å². The first-order valence-electron chi connectivity index (χ1n) is 17.1. The Morgan fingerprint density at radius 3 is 2.43 bits per heavy atom. The molecule has 1 aliphatic carbocycles. The molecule has 1 saturated carbocycles. The van der Waals surface area contributed by atoms with Crippen LogP contribution in [0.4, 0.5) is 0 Å². The first-order chi connectivity index (χ1) is 25.3. The van der Waals surface area contributed by atoms with Gasteiger partial charge in [-0.25, -0.2) is 19.9 Å². The standard InChI is InChI=1S/C30H43N9O10P2S2Si/c1-16-17(10-18(16)38-14-34-20-24(38)32-13-33-25(20)40)11-45-51(43,53)48-23-22(49-54(6,7)30(2,3)4)19(12-46-50(42,52)44-5)47-28(23)39-15-35-21-26(41)36-29-31-8-9-37(29)27(21)39/h8-9,13-19,22-23,28H,10-12H2,1-7H3,(H,42,52)(H,43,53)(H,31,36,41)(H,32,33,40)/t16-,17-,18-,19-,22?,23-,28-,50?,51?/m1/s1. The predicted molar refractivity (Wildman–Crippen MR) is 205 cm³/mol. The molecule has 9 atom stereocenters. The maximum absolute atomic E-state index is 13.0. The highest BCUT2D eigenvalue weighted by Gasteiger charge is 2.54. The van der Waals surface area contributed by atoms with Crippen LogP contribution in [0.5, 0.6) is 5.88 Å². The van der Waals surface area contributed by atoms with E-state index in [1.807, 2.05) is 4.57 Å². The zero-order valence-corrected chi connectivity index (χ0v) is 35.0. The number of ether oxygens (including phenoxy) is 1. The molecule has 54 heavy (non-hydrogen) atoms. The van der Waals surface area contributed by atoms with E-state index in [-0.39, 0.29) is 53.3 Å². The van der Waals surface area contributed by atoms with E-state index in [0.29, 0.717) is 23.2 Å². The van der Waals surface area contributed by atoms with Crippen LogP contribution in [0.25, 0.3) is 28.1 Å². The van der Waals surface area contributed by atoms with E-state index < -0.39 is 51.9 Å². The van der Waals surface area contributed by atoms with E-state index >= 15 is 0 Å². The fourth-order valence-electron chi connectivity index (χ4n) is 6.63. The minimum Gasteiger partial charge on any atom is -0.492 e. The monoisotopic (exact) mass is 843 g/mol. The Kier molecular flexibility index (Phi) is 10.6. The molecule has 3 unspecified atom stereocenters. The highest BCUT2D eigenvalue weighted by atomic mass is 32.5. The zero-order valence-electron chi connectivity index (χ0n) is 30.5. The molecule has 24 heteroatoms. The van der Waals surface area contributed by atoms with Crippen LogP contribution >= 0.6 is 13.4 Å². The van der Waals surface area contributed by atoms with Crippen molar-refractivity contribution in [2.24, 2.45) is 11.8 Å². The van der Waals surface area contributed by atoms with E-state index in [0.717, 1.165) is 0 Å². The van der Waals surface area contributed by atoms with Gasteiger partial charge in [0.1, 0.15) is 24.6 Å². The number of hydrogen-bond donors (Lipinski definition) is 4. The fraction of sp³-hybridized carbons (Fsp3) is 0.600. The second-order valence-electron chi connectivity index (χ2n) is 15.0. The lowest BCUT2D eigenvalue weighted by molar-refractivity contribution is -0.0480. The van der Waals surface area contributed by atoms with Crippen LogP contribution in [-0.4, -0.2) is 105 Å². The van der Waals surface area contributed by atoms with Crippen molar-refractivity contribution < 1.29 is 42.2 Å². The zero-order chi connectivity index (χ0) is 39.0. The van der Waals surface area contributed by atoms with Gasteiger partial charge in [0.05, 0.1) is 25.9 Å². The van der Waals surface area contributed by atoms with Crippen molar-refractivity contribution in [3.05, 3.63) is 41.7 Å². The number of nitrogens with one attached hydrogen (secondary N) is 1. The van der Waals surface area contributed by atoms with Crippen molar-refractivity contribution in [2.45, 2.75) is 82.8 Å². The molecule has 1 aliphatic heterocycles. The number of hydrogen-bond acceptors (Lipinski definition) is 15. The Labute approximate surface area is 320 Å². The summed E-state index contributed by atoms with van der Waals surface area (Å²) in [4.78, 5) is 59.0. The van der Waals surface area contributed by atoms with Crippen molar-refractivity contribution >= 4 is 73.5 Å². The molecular formula is C30H43N9O10P2S2Si. The number of nitrogens with zero attached hydrogens (tertiary/aromatic N) is 8. The van der Waals surface area contributed by atoms with E-state index in [4.69, 9.17) is 50.9 Å². The second kappa shape index (κ2) is 14.4. The summed E-state index contributed by atoms with van der Waals surface area (Å²) in [7, 11) is -1.37. The van der Waals surface area contributed by atoms with Crippen LogP contribution < -0.4 is 5.56 Å². The molecule has 7 rings (SSSR count). The lowest BCUT2D eigenvalue weighted by atomic mass is 9.70. The highest BCUT2D eigenvalue weighted by Crippen LogP contribution is 2.54. The van der Waals surface area contributed by atoms with Gasteiger partial charge in [-0.05, 0) is 60.0 Å². The summed E-state index contributed by atoms with van der Waals surface area (Å²) in [6.07, 6.45) is 4.13. The molecule has 294 valence electrons. The van der Waals surface area contributed by atoms with E-state index in [1.54, 1.807) is 21.5 Å². The van der Waals surface area contributed by atoms with Gasteiger partial charge in [-0.2, -0.15) is 4.98 Å². The number of aromatic amines is 1. The SMILES string of the molecule is COP(O)(=S)OC[C@H]1O[C@@H](n2cnc3c(=O)[nH]c4nccn4c32)[C@H](OP(O)(=S)OC[C@H]2C[C@@H](n3cnc4c(O)ncnc43)[C@@H]2C)C1O[Si](C)(C)C(C)(C)C. The van der Waals surface area contributed by atoms with Gasteiger partial charge in [-0.3, -0.25) is 23.3 Å². The lowest BCUT2D eigenvalue weighted by Gasteiger charge is -2.43. The maximum Gasteiger partial charge on any atom is 0.325 e. The maximum atomic E-state index is 13.0. The summed E-state index contributed by atoms with van der Waals surface area (Å²) >= 11 is 10.8. The predicted octanol–water partition coefficient (Wildman–Crippen LogP) is 3.90. The lowest BCUT2D eigenvalue weighted by Crippen LogP contribution is -2.50. The van der Waals surface area contributed by atoms with Crippen LogP contribution in [0.3, 0.4) is 0 Å². The molecule has 0 aromatic carbocycles. The van der Waals surface area contributed by atoms with Crippen LogP contribution in [0.1, 0.15) is 46.4 Å². The molecule has 2 fully saturated rings. The summed E-state index contributed by atoms with van der Waals surface area (Å²) in [6.45, 7) is 4.56. The quantitative estimate of drug-likeness (QED) is 0.0973. The van der Waals surface area contributed by atoms with E-state index in [1.165, 1.54) is 26.0 Å². The normalized spacial score (nSPS) is 27.4. The van der Waals surface area contributed by atoms with Gasteiger partial charge in [0.15, 0.2) is 36.9 Å².